The summed E-state index contributed by atoms with van der Waals surface area (Å²) in [6.07, 6.45) is -0.327. The Morgan fingerprint density at radius 1 is 1.26 bits per heavy atom. The largest absolute Gasteiger partial charge is 0.351 e. The third kappa shape index (κ3) is 4.01. The maximum atomic E-state index is 12.5. The highest BCUT2D eigenvalue weighted by atomic mass is 35.5. The van der Waals surface area contributed by atoms with Crippen molar-refractivity contribution >= 4 is 58.5 Å². The first-order valence-electron chi connectivity index (χ1n) is 7.51. The fourth-order valence-corrected chi connectivity index (χ4v) is 3.04. The van der Waals surface area contributed by atoms with E-state index in [1.54, 1.807) is 12.1 Å². The Bertz CT molecular complexity index is 1020. The lowest BCUT2D eigenvalue weighted by Crippen LogP contribution is -2.43. The number of rotatable bonds is 3. The van der Waals surface area contributed by atoms with Gasteiger partial charge in [0.05, 0.1) is 22.2 Å². The highest BCUT2D eigenvalue weighted by Crippen LogP contribution is 2.30. The molecule has 1 atom stereocenters. The molecular formula is C15H12Cl2N6O4. The number of primary amides is 1. The molecule has 2 heterocycles. The Balaban J connectivity index is 1.98. The maximum absolute atomic E-state index is 12.5. The van der Waals surface area contributed by atoms with Crippen molar-refractivity contribution in [3.05, 3.63) is 44.2 Å². The number of carbonyl (C=O) groups excluding carboxylic acids is 3. The van der Waals surface area contributed by atoms with Crippen LogP contribution in [0.2, 0.25) is 10.0 Å². The van der Waals surface area contributed by atoms with Crippen LogP contribution in [-0.4, -0.2) is 27.8 Å². The number of anilines is 3. The first-order chi connectivity index (χ1) is 12.7. The second kappa shape index (κ2) is 7.25. The zero-order valence-corrected chi connectivity index (χ0v) is 14.9. The Labute approximate surface area is 161 Å². The van der Waals surface area contributed by atoms with E-state index in [0.717, 1.165) is 0 Å². The monoisotopic (exact) mass is 410 g/mol. The highest BCUT2D eigenvalue weighted by molar-refractivity contribution is 6.36. The number of H-pyrrole nitrogens is 1. The number of imide groups is 1. The van der Waals surface area contributed by atoms with Crippen molar-refractivity contribution < 1.29 is 14.4 Å². The Hall–Kier alpha value is -3.11. The fraction of sp³-hybridized carbons (Fsp3) is 0.133. The number of nitrogens with one attached hydrogen (secondary N) is 4. The minimum absolute atomic E-state index is 0.0146. The van der Waals surface area contributed by atoms with E-state index in [2.05, 4.69) is 20.6 Å². The molecule has 0 radical (unpaired) electrons. The molecule has 0 spiro atoms. The Morgan fingerprint density at radius 2 is 2.00 bits per heavy atom. The predicted molar refractivity (Wildman–Crippen MR) is 98.3 cm³/mol. The number of hydrogen-bond donors (Lipinski definition) is 5. The van der Waals surface area contributed by atoms with E-state index in [1.807, 2.05) is 5.32 Å². The average Bonchev–Trinajstić information content (AvgIpc) is 2.55. The number of amides is 4. The molecule has 10 nitrogen and oxygen atoms in total. The molecule has 1 aliphatic rings. The second-order valence-corrected chi connectivity index (χ2v) is 6.43. The zero-order valence-electron chi connectivity index (χ0n) is 13.4. The van der Waals surface area contributed by atoms with Crippen molar-refractivity contribution in [1.29, 1.82) is 0 Å². The van der Waals surface area contributed by atoms with Gasteiger partial charge in [0, 0.05) is 11.4 Å². The number of aromatic amines is 1. The minimum atomic E-state index is -1.20. The molecule has 1 unspecified atom stereocenters. The molecule has 1 aromatic carbocycles. The van der Waals surface area contributed by atoms with E-state index in [9.17, 15) is 19.2 Å². The topological polar surface area (TPSA) is 159 Å². The fourth-order valence-electron chi connectivity index (χ4n) is 2.58. The lowest BCUT2D eigenvalue weighted by atomic mass is 9.92. The van der Waals surface area contributed by atoms with Crippen LogP contribution >= 0.6 is 23.2 Å². The number of urea groups is 1. The van der Waals surface area contributed by atoms with E-state index in [4.69, 9.17) is 28.9 Å². The van der Waals surface area contributed by atoms with Gasteiger partial charge >= 0.3 is 6.03 Å². The van der Waals surface area contributed by atoms with Crippen molar-refractivity contribution in [3.63, 3.8) is 0 Å². The molecule has 12 heteroatoms. The van der Waals surface area contributed by atoms with E-state index in [-0.39, 0.29) is 28.8 Å². The maximum Gasteiger partial charge on any atom is 0.318 e. The summed E-state index contributed by atoms with van der Waals surface area (Å²) in [5.41, 5.74) is 4.58. The van der Waals surface area contributed by atoms with Crippen molar-refractivity contribution in [2.45, 2.75) is 12.3 Å². The molecule has 0 fully saturated rings. The SMILES string of the molecule is NC(=O)NC(=O)C1CC(=O)Nc2nc(Nc3ccc(Cl)cc3Cl)[nH]c(=O)c21. The number of nitrogens with zero attached hydrogens (tertiary/aromatic N) is 1. The van der Waals surface area contributed by atoms with Crippen molar-refractivity contribution in [2.75, 3.05) is 10.6 Å². The van der Waals surface area contributed by atoms with E-state index in [1.165, 1.54) is 6.07 Å². The van der Waals surface area contributed by atoms with Crippen molar-refractivity contribution in [3.8, 4) is 0 Å². The molecule has 3 rings (SSSR count). The van der Waals surface area contributed by atoms with Crippen molar-refractivity contribution in [2.24, 2.45) is 5.73 Å². The number of halogens is 2. The summed E-state index contributed by atoms with van der Waals surface area (Å²) in [6.45, 7) is 0. The van der Waals surface area contributed by atoms with Crippen molar-refractivity contribution in [1.82, 2.24) is 15.3 Å². The van der Waals surface area contributed by atoms with Gasteiger partial charge < -0.3 is 16.4 Å². The third-order valence-electron chi connectivity index (χ3n) is 3.70. The normalized spacial score (nSPS) is 15.5. The van der Waals surface area contributed by atoms with Crippen LogP contribution in [0.3, 0.4) is 0 Å². The number of hydrogen-bond acceptors (Lipinski definition) is 6. The Kier molecular flexibility index (Phi) is 5.02. The predicted octanol–water partition coefficient (Wildman–Crippen LogP) is 1.44. The van der Waals surface area contributed by atoms with Gasteiger partial charge in [0.1, 0.15) is 5.82 Å². The van der Waals surface area contributed by atoms with Crippen LogP contribution < -0.4 is 27.2 Å². The number of nitrogens with two attached hydrogens (primary N) is 1. The smallest absolute Gasteiger partial charge is 0.318 e. The standard InChI is InChI=1S/C15H12Cl2N6O4/c16-5-1-2-8(7(17)3-5)19-15-21-11-10(13(26)23-15)6(4-9(24)20-11)12(25)22-14(18)27/h1-3,6H,4H2,(H3,18,22,25,27)(H3,19,20,21,23,24,26). The molecule has 0 bridgehead atoms. The lowest BCUT2D eigenvalue weighted by Gasteiger charge is -2.23. The van der Waals surface area contributed by atoms with Gasteiger partial charge in [0.15, 0.2) is 0 Å². The number of benzene rings is 1. The molecule has 4 amide bonds. The van der Waals surface area contributed by atoms with Gasteiger partial charge in [0.2, 0.25) is 17.8 Å². The highest BCUT2D eigenvalue weighted by Gasteiger charge is 2.35. The van der Waals surface area contributed by atoms with Gasteiger partial charge in [-0.1, -0.05) is 23.2 Å². The molecule has 0 saturated heterocycles. The molecule has 6 N–H and O–H groups in total. The van der Waals surface area contributed by atoms with Gasteiger partial charge in [-0.05, 0) is 18.2 Å². The van der Waals surface area contributed by atoms with Gasteiger partial charge in [0.25, 0.3) is 5.56 Å². The average molecular weight is 411 g/mol. The lowest BCUT2D eigenvalue weighted by molar-refractivity contribution is -0.125. The molecule has 2 aromatic rings. The summed E-state index contributed by atoms with van der Waals surface area (Å²) in [5, 5.41) is 7.80. The number of fused-ring (bicyclic) bond motifs is 1. The summed E-state index contributed by atoms with van der Waals surface area (Å²) >= 11 is 11.9. The molecular weight excluding hydrogens is 399 g/mol. The molecule has 1 aliphatic heterocycles. The summed E-state index contributed by atoms with van der Waals surface area (Å²) in [6, 6.07) is 3.56. The van der Waals surface area contributed by atoms with E-state index >= 15 is 0 Å². The first kappa shape index (κ1) is 18.7. The minimum Gasteiger partial charge on any atom is -0.351 e. The van der Waals surface area contributed by atoms with E-state index in [0.29, 0.717) is 10.7 Å². The third-order valence-corrected chi connectivity index (χ3v) is 4.25. The molecule has 0 aliphatic carbocycles. The van der Waals surface area contributed by atoms with Crippen LogP contribution in [0.25, 0.3) is 0 Å². The van der Waals surface area contributed by atoms with Crippen LogP contribution in [0.5, 0.6) is 0 Å². The van der Waals surface area contributed by atoms with Gasteiger partial charge in [-0.3, -0.25) is 24.7 Å². The molecule has 140 valence electrons. The summed E-state index contributed by atoms with van der Waals surface area (Å²) in [5.74, 6) is -2.73. The second-order valence-electron chi connectivity index (χ2n) is 5.58. The van der Waals surface area contributed by atoms with E-state index < -0.39 is 29.3 Å². The quantitative estimate of drug-likeness (QED) is 0.514. The van der Waals surface area contributed by atoms with Crippen LogP contribution in [0.15, 0.2) is 23.0 Å². The zero-order chi connectivity index (χ0) is 19.7. The first-order valence-corrected chi connectivity index (χ1v) is 8.26. The molecule has 1 aromatic heterocycles. The van der Waals surface area contributed by atoms with Gasteiger partial charge in [-0.25, -0.2) is 4.79 Å². The van der Waals surface area contributed by atoms with Crippen LogP contribution in [-0.2, 0) is 9.59 Å². The molecule has 27 heavy (non-hydrogen) atoms. The van der Waals surface area contributed by atoms with Crippen LogP contribution in [0.4, 0.5) is 22.2 Å². The number of aromatic nitrogens is 2. The molecule has 0 saturated carbocycles. The van der Waals surface area contributed by atoms with Gasteiger partial charge in [-0.15, -0.1) is 0 Å². The number of carbonyl (C=O) groups is 3. The van der Waals surface area contributed by atoms with Crippen LogP contribution in [0, 0.1) is 0 Å². The summed E-state index contributed by atoms with van der Waals surface area (Å²) in [7, 11) is 0. The van der Waals surface area contributed by atoms with Gasteiger partial charge in [-0.2, -0.15) is 4.98 Å². The summed E-state index contributed by atoms with van der Waals surface area (Å²) in [4.78, 5) is 53.9. The summed E-state index contributed by atoms with van der Waals surface area (Å²) < 4.78 is 0. The Morgan fingerprint density at radius 3 is 2.67 bits per heavy atom. The van der Waals surface area contributed by atoms with Crippen LogP contribution in [0.1, 0.15) is 17.9 Å².